The molecule has 23 heavy (non-hydrogen) atoms. The highest BCUT2D eigenvalue weighted by atomic mass is 32.2. The van der Waals surface area contributed by atoms with Crippen LogP contribution in [0, 0.1) is 11.3 Å². The fourth-order valence-corrected chi connectivity index (χ4v) is 2.66. The lowest BCUT2D eigenvalue weighted by Gasteiger charge is -2.14. The van der Waals surface area contributed by atoms with Gasteiger partial charge < -0.3 is 10.1 Å². The predicted molar refractivity (Wildman–Crippen MR) is 91.4 cm³/mol. The number of rotatable bonds is 7. The van der Waals surface area contributed by atoms with Gasteiger partial charge in [-0.15, -0.1) is 11.8 Å². The van der Waals surface area contributed by atoms with Crippen LogP contribution in [0.25, 0.3) is 0 Å². The Morgan fingerprint density at radius 3 is 2.57 bits per heavy atom. The molecule has 2 aromatic carbocycles. The molecule has 118 valence electrons. The van der Waals surface area contributed by atoms with Crippen molar-refractivity contribution in [2.75, 3.05) is 12.3 Å². The summed E-state index contributed by atoms with van der Waals surface area (Å²) >= 11 is 1.70. The minimum atomic E-state index is -0.579. The zero-order chi connectivity index (χ0) is 16.5. The number of hydrogen-bond donors (Lipinski definition) is 1. The molecule has 0 aliphatic rings. The summed E-state index contributed by atoms with van der Waals surface area (Å²) in [5, 5.41) is 11.6. The average molecular weight is 326 g/mol. The molecule has 0 bridgehead atoms. The molecule has 0 aliphatic carbocycles. The summed E-state index contributed by atoms with van der Waals surface area (Å²) in [6.45, 7) is 2.29. The molecular formula is C18H18N2O2S. The molecule has 1 N–H and O–H groups in total. The Hall–Kier alpha value is -2.45. The molecule has 0 radical (unpaired) electrons. The maximum atomic E-state index is 12.0. The predicted octanol–water partition coefficient (Wildman–Crippen LogP) is 3.23. The number of nitrogens with zero attached hydrogens (tertiary/aromatic N) is 1. The molecule has 4 nitrogen and oxygen atoms in total. The molecule has 2 rings (SSSR count). The van der Waals surface area contributed by atoms with E-state index in [1.807, 2.05) is 36.4 Å². The van der Waals surface area contributed by atoms with Gasteiger partial charge in [-0.2, -0.15) is 5.26 Å². The summed E-state index contributed by atoms with van der Waals surface area (Å²) in [6, 6.07) is 18.8. The summed E-state index contributed by atoms with van der Waals surface area (Å²) in [7, 11) is 0. The van der Waals surface area contributed by atoms with E-state index in [0.717, 1.165) is 5.75 Å². The Morgan fingerprint density at radius 1 is 1.22 bits per heavy atom. The van der Waals surface area contributed by atoms with E-state index in [4.69, 9.17) is 10.00 Å². The number of benzene rings is 2. The number of nitriles is 1. The third kappa shape index (κ3) is 5.68. The van der Waals surface area contributed by atoms with Crippen molar-refractivity contribution in [2.24, 2.45) is 0 Å². The van der Waals surface area contributed by atoms with Crippen LogP contribution in [-0.4, -0.2) is 24.3 Å². The first kappa shape index (κ1) is 16.9. The van der Waals surface area contributed by atoms with E-state index in [1.165, 1.54) is 4.90 Å². The molecule has 0 spiro atoms. The van der Waals surface area contributed by atoms with Gasteiger partial charge in [0, 0.05) is 17.2 Å². The molecule has 0 unspecified atom stereocenters. The minimum Gasteiger partial charge on any atom is -0.481 e. The highest BCUT2D eigenvalue weighted by molar-refractivity contribution is 7.99. The van der Waals surface area contributed by atoms with Gasteiger partial charge >= 0.3 is 0 Å². The van der Waals surface area contributed by atoms with Gasteiger partial charge in [-0.3, -0.25) is 4.79 Å². The van der Waals surface area contributed by atoms with Crippen LogP contribution in [0.4, 0.5) is 0 Å². The van der Waals surface area contributed by atoms with Gasteiger partial charge in [0.25, 0.3) is 5.91 Å². The molecule has 0 fully saturated rings. The third-order valence-corrected chi connectivity index (χ3v) is 4.09. The highest BCUT2D eigenvalue weighted by Crippen LogP contribution is 2.16. The van der Waals surface area contributed by atoms with Crippen molar-refractivity contribution in [3.8, 4) is 11.8 Å². The van der Waals surface area contributed by atoms with Gasteiger partial charge in [-0.05, 0) is 43.3 Å². The van der Waals surface area contributed by atoms with Crippen molar-refractivity contribution < 1.29 is 9.53 Å². The molecule has 0 heterocycles. The molecule has 1 amide bonds. The van der Waals surface area contributed by atoms with E-state index >= 15 is 0 Å². The first-order valence-electron chi connectivity index (χ1n) is 7.31. The van der Waals surface area contributed by atoms with Crippen LogP contribution in [0.2, 0.25) is 0 Å². The van der Waals surface area contributed by atoms with E-state index in [1.54, 1.807) is 43.0 Å². The molecule has 0 aliphatic heterocycles. The lowest BCUT2D eigenvalue weighted by molar-refractivity contribution is -0.127. The first-order chi connectivity index (χ1) is 11.2. The molecule has 0 saturated carbocycles. The van der Waals surface area contributed by atoms with Gasteiger partial charge in [-0.1, -0.05) is 18.2 Å². The van der Waals surface area contributed by atoms with Gasteiger partial charge in [0.2, 0.25) is 0 Å². The monoisotopic (exact) mass is 326 g/mol. The second-order valence-electron chi connectivity index (χ2n) is 4.85. The van der Waals surface area contributed by atoms with Crippen LogP contribution in [0.1, 0.15) is 12.5 Å². The van der Waals surface area contributed by atoms with Crippen molar-refractivity contribution >= 4 is 17.7 Å². The van der Waals surface area contributed by atoms with Crippen molar-refractivity contribution in [1.82, 2.24) is 5.32 Å². The van der Waals surface area contributed by atoms with Crippen LogP contribution in [0.5, 0.6) is 5.75 Å². The standard InChI is InChI=1S/C18H18N2O2S/c1-14(22-16-9-7-15(13-19)8-10-16)18(21)20-11-12-23-17-5-3-2-4-6-17/h2-10,14H,11-12H2,1H3,(H,20,21)/t14-/m1/s1. The Labute approximate surface area is 140 Å². The fourth-order valence-electron chi connectivity index (χ4n) is 1.87. The lowest BCUT2D eigenvalue weighted by Crippen LogP contribution is -2.37. The topological polar surface area (TPSA) is 62.1 Å². The Kier molecular flexibility index (Phi) is 6.52. The van der Waals surface area contributed by atoms with E-state index in [9.17, 15) is 4.79 Å². The summed E-state index contributed by atoms with van der Waals surface area (Å²) in [5.74, 6) is 1.23. The maximum absolute atomic E-state index is 12.0. The van der Waals surface area contributed by atoms with Crippen molar-refractivity contribution in [1.29, 1.82) is 5.26 Å². The van der Waals surface area contributed by atoms with Gasteiger partial charge in [-0.25, -0.2) is 0 Å². The molecule has 5 heteroatoms. The number of nitrogens with one attached hydrogen (secondary N) is 1. The highest BCUT2D eigenvalue weighted by Gasteiger charge is 2.13. The zero-order valence-corrected chi connectivity index (χ0v) is 13.7. The summed E-state index contributed by atoms with van der Waals surface area (Å²) in [4.78, 5) is 13.2. The molecule has 0 aromatic heterocycles. The lowest BCUT2D eigenvalue weighted by atomic mass is 10.2. The van der Waals surface area contributed by atoms with Gasteiger partial charge in [0.15, 0.2) is 6.10 Å². The molecular weight excluding hydrogens is 308 g/mol. The Balaban J connectivity index is 1.71. The second-order valence-corrected chi connectivity index (χ2v) is 6.02. The van der Waals surface area contributed by atoms with Crippen LogP contribution in [0.15, 0.2) is 59.5 Å². The van der Waals surface area contributed by atoms with E-state index < -0.39 is 6.10 Å². The molecule has 1 atom stereocenters. The number of carbonyl (C=O) groups is 1. The molecule has 0 saturated heterocycles. The number of ether oxygens (including phenoxy) is 1. The van der Waals surface area contributed by atoms with Gasteiger partial charge in [0.1, 0.15) is 5.75 Å². The largest absolute Gasteiger partial charge is 0.481 e. The van der Waals surface area contributed by atoms with E-state index in [-0.39, 0.29) is 5.91 Å². The van der Waals surface area contributed by atoms with E-state index in [2.05, 4.69) is 5.32 Å². The third-order valence-electron chi connectivity index (χ3n) is 3.08. The van der Waals surface area contributed by atoms with Crippen LogP contribution in [-0.2, 0) is 4.79 Å². The SMILES string of the molecule is C[C@@H](Oc1ccc(C#N)cc1)C(=O)NCCSc1ccccc1. The quantitative estimate of drug-likeness (QED) is 0.627. The van der Waals surface area contributed by atoms with E-state index in [0.29, 0.717) is 17.9 Å². The maximum Gasteiger partial charge on any atom is 0.260 e. The van der Waals surface area contributed by atoms with Crippen LogP contribution >= 0.6 is 11.8 Å². The Morgan fingerprint density at radius 2 is 1.91 bits per heavy atom. The number of thioether (sulfide) groups is 1. The summed E-state index contributed by atoms with van der Waals surface area (Å²) in [6.07, 6.45) is -0.579. The van der Waals surface area contributed by atoms with Crippen molar-refractivity contribution in [3.63, 3.8) is 0 Å². The first-order valence-corrected chi connectivity index (χ1v) is 8.30. The smallest absolute Gasteiger partial charge is 0.260 e. The van der Waals surface area contributed by atoms with Gasteiger partial charge in [0.05, 0.1) is 11.6 Å². The minimum absolute atomic E-state index is 0.150. The normalized spacial score (nSPS) is 11.3. The summed E-state index contributed by atoms with van der Waals surface area (Å²) < 4.78 is 5.56. The number of amides is 1. The number of hydrogen-bond acceptors (Lipinski definition) is 4. The van der Waals surface area contributed by atoms with Crippen molar-refractivity contribution in [2.45, 2.75) is 17.9 Å². The average Bonchev–Trinajstić information content (AvgIpc) is 2.60. The second kappa shape index (κ2) is 8.86. The summed E-state index contributed by atoms with van der Waals surface area (Å²) in [5.41, 5.74) is 0.562. The fraction of sp³-hybridized carbons (Fsp3) is 0.222. The van der Waals surface area contributed by atoms with Crippen LogP contribution in [0.3, 0.4) is 0 Å². The molecule has 2 aromatic rings. The Bertz CT molecular complexity index is 666. The number of carbonyl (C=O) groups excluding carboxylic acids is 1. The zero-order valence-electron chi connectivity index (χ0n) is 12.9. The van der Waals surface area contributed by atoms with Crippen molar-refractivity contribution in [3.05, 3.63) is 60.2 Å². The van der Waals surface area contributed by atoms with Crippen LogP contribution < -0.4 is 10.1 Å².